The van der Waals surface area contributed by atoms with Crippen molar-refractivity contribution >= 4 is 11.9 Å². The Balaban J connectivity index is 1.47. The van der Waals surface area contributed by atoms with E-state index in [9.17, 15) is 9.59 Å². The van der Waals surface area contributed by atoms with E-state index < -0.39 is 12.3 Å². The Bertz CT molecular complexity index is 1480. The van der Waals surface area contributed by atoms with Crippen LogP contribution in [0.25, 0.3) is 22.3 Å². The first kappa shape index (κ1) is 35.8. The zero-order chi connectivity index (χ0) is 33.6. The van der Waals surface area contributed by atoms with Crippen molar-refractivity contribution in [1.82, 2.24) is 0 Å². The van der Waals surface area contributed by atoms with Gasteiger partial charge in [-0.3, -0.25) is 0 Å². The molecule has 0 radical (unpaired) electrons. The highest BCUT2D eigenvalue weighted by molar-refractivity contribution is 5.90. The van der Waals surface area contributed by atoms with Crippen LogP contribution >= 0.6 is 0 Å². The van der Waals surface area contributed by atoms with Gasteiger partial charge in [-0.05, 0) is 66.1 Å². The molecule has 0 saturated carbocycles. The molecular formula is C40H48O7. The number of hydrogen-bond donors (Lipinski definition) is 0. The number of rotatable bonds is 17. The van der Waals surface area contributed by atoms with Gasteiger partial charge in [-0.15, -0.1) is 0 Å². The number of carbonyl (C=O) groups is 2. The molecule has 1 aliphatic rings. The maximum atomic E-state index is 12.6. The van der Waals surface area contributed by atoms with Crippen molar-refractivity contribution in [3.8, 4) is 28.0 Å². The molecule has 0 spiro atoms. The third-order valence-electron chi connectivity index (χ3n) is 8.20. The van der Waals surface area contributed by atoms with E-state index in [1.54, 1.807) is 13.0 Å². The summed E-state index contributed by atoms with van der Waals surface area (Å²) in [6.45, 7) is 13.0. The van der Waals surface area contributed by atoms with Crippen LogP contribution in [0.3, 0.4) is 0 Å². The second-order valence-electron chi connectivity index (χ2n) is 12.2. The second-order valence-corrected chi connectivity index (χ2v) is 12.2. The lowest BCUT2D eigenvalue weighted by atomic mass is 9.95. The number of hydrogen-bond acceptors (Lipinski definition) is 7. The molecule has 0 N–H and O–H groups in total. The third-order valence-corrected chi connectivity index (χ3v) is 8.20. The largest absolute Gasteiger partial charge is 0.462 e. The van der Waals surface area contributed by atoms with Crippen LogP contribution in [0.4, 0.5) is 0 Å². The molecule has 3 aromatic rings. The summed E-state index contributed by atoms with van der Waals surface area (Å²) in [5.74, 6) is -0.120. The zero-order valence-electron chi connectivity index (χ0n) is 28.1. The summed E-state index contributed by atoms with van der Waals surface area (Å²) in [4.78, 5) is 24.1. The average molecular weight is 641 g/mol. The molecule has 0 atom stereocenters. The van der Waals surface area contributed by atoms with Gasteiger partial charge in [0.25, 0.3) is 0 Å². The van der Waals surface area contributed by atoms with Crippen molar-refractivity contribution in [3.63, 3.8) is 0 Å². The van der Waals surface area contributed by atoms with Crippen LogP contribution < -0.4 is 4.74 Å². The van der Waals surface area contributed by atoms with E-state index in [2.05, 4.69) is 68.6 Å². The van der Waals surface area contributed by atoms with E-state index in [4.69, 9.17) is 23.7 Å². The molecule has 0 aromatic heterocycles. The van der Waals surface area contributed by atoms with E-state index in [0.717, 1.165) is 47.1 Å². The number of unbranched alkanes of at least 4 members (excludes halogenated alkanes) is 3. The minimum atomic E-state index is -0.575. The zero-order valence-corrected chi connectivity index (χ0v) is 28.1. The van der Waals surface area contributed by atoms with E-state index in [-0.39, 0.29) is 18.1 Å². The minimum absolute atomic E-state index is 0.0975. The Kier molecular flexibility index (Phi) is 14.0. The van der Waals surface area contributed by atoms with Crippen molar-refractivity contribution in [2.45, 2.75) is 65.1 Å². The van der Waals surface area contributed by atoms with Gasteiger partial charge in [0.05, 0.1) is 32.0 Å². The SMILES string of the molecule is C=C(C)C(=O)OCCCc1ccc(-c2ccc(-c3ccc(OC(=O)C(=C)COC)cc3C3OCC(CCCCCC)CO3)cc2)cc1. The highest BCUT2D eigenvalue weighted by Crippen LogP contribution is 2.37. The number of ether oxygens (including phenoxy) is 5. The van der Waals surface area contributed by atoms with Gasteiger partial charge in [0.2, 0.25) is 0 Å². The van der Waals surface area contributed by atoms with Gasteiger partial charge in [-0.1, -0.05) is 100 Å². The summed E-state index contributed by atoms with van der Waals surface area (Å²) in [6, 6.07) is 22.4. The molecule has 0 amide bonds. The summed E-state index contributed by atoms with van der Waals surface area (Å²) < 4.78 is 28.4. The van der Waals surface area contributed by atoms with E-state index in [1.807, 2.05) is 12.1 Å². The maximum Gasteiger partial charge on any atom is 0.341 e. The van der Waals surface area contributed by atoms with Gasteiger partial charge in [0.1, 0.15) is 5.75 Å². The molecule has 0 aliphatic carbocycles. The summed E-state index contributed by atoms with van der Waals surface area (Å²) >= 11 is 0. The van der Waals surface area contributed by atoms with Gasteiger partial charge >= 0.3 is 11.9 Å². The molecule has 0 unspecified atom stereocenters. The van der Waals surface area contributed by atoms with E-state index in [1.165, 1.54) is 38.4 Å². The average Bonchev–Trinajstić information content (AvgIpc) is 3.09. The molecule has 1 fully saturated rings. The van der Waals surface area contributed by atoms with Crippen molar-refractivity contribution in [1.29, 1.82) is 0 Å². The lowest BCUT2D eigenvalue weighted by Gasteiger charge is -2.31. The van der Waals surface area contributed by atoms with Crippen molar-refractivity contribution < 1.29 is 33.3 Å². The van der Waals surface area contributed by atoms with Crippen molar-refractivity contribution in [2.24, 2.45) is 5.92 Å². The van der Waals surface area contributed by atoms with Crippen LogP contribution in [0.15, 0.2) is 91.0 Å². The van der Waals surface area contributed by atoms with Crippen LogP contribution in [-0.2, 0) is 35.0 Å². The lowest BCUT2D eigenvalue weighted by Crippen LogP contribution is -2.27. The molecule has 7 heteroatoms. The van der Waals surface area contributed by atoms with Gasteiger partial charge in [-0.2, -0.15) is 0 Å². The van der Waals surface area contributed by atoms with Crippen LogP contribution in [-0.4, -0.2) is 45.5 Å². The normalized spacial score (nSPS) is 16.0. The Labute approximate surface area is 279 Å². The fraction of sp³-hybridized carbons (Fsp3) is 0.400. The highest BCUT2D eigenvalue weighted by Gasteiger charge is 2.26. The Morgan fingerprint density at radius 1 is 0.830 bits per heavy atom. The number of benzene rings is 3. The predicted octanol–water partition coefficient (Wildman–Crippen LogP) is 8.81. The Morgan fingerprint density at radius 3 is 2.13 bits per heavy atom. The fourth-order valence-electron chi connectivity index (χ4n) is 5.49. The lowest BCUT2D eigenvalue weighted by molar-refractivity contribution is -0.205. The second kappa shape index (κ2) is 18.3. The minimum Gasteiger partial charge on any atom is -0.462 e. The van der Waals surface area contributed by atoms with E-state index >= 15 is 0 Å². The molecular weight excluding hydrogens is 592 g/mol. The molecule has 0 bridgehead atoms. The molecule has 3 aromatic carbocycles. The first-order valence-electron chi connectivity index (χ1n) is 16.6. The van der Waals surface area contributed by atoms with E-state index in [0.29, 0.717) is 37.1 Å². The van der Waals surface area contributed by atoms with Crippen LogP contribution in [0.1, 0.15) is 69.8 Å². The Hall–Kier alpha value is -4.04. The fourth-order valence-corrected chi connectivity index (χ4v) is 5.49. The molecule has 1 aliphatic heterocycles. The molecule has 4 rings (SSSR count). The van der Waals surface area contributed by atoms with Crippen molar-refractivity contribution in [2.75, 3.05) is 33.5 Å². The monoisotopic (exact) mass is 640 g/mol. The molecule has 1 heterocycles. The standard InChI is InChI=1S/C40H48O7/c1-6-7-8-9-11-31-26-45-40(46-27-31)37-24-35(47-39(42)29(4)25-43-5)21-22-36(37)34-19-17-33(18-20-34)32-15-13-30(14-16-32)12-10-23-44-38(41)28(2)3/h13-22,24,31,40H,2,4,6-12,23,25-27H2,1,3,5H3. The first-order valence-corrected chi connectivity index (χ1v) is 16.6. The van der Waals surface area contributed by atoms with Gasteiger partial charge in [0.15, 0.2) is 6.29 Å². The number of aryl methyl sites for hydroxylation is 1. The summed E-state index contributed by atoms with van der Waals surface area (Å²) in [6.07, 6.45) is 6.97. The predicted molar refractivity (Wildman–Crippen MR) is 185 cm³/mol. The quantitative estimate of drug-likeness (QED) is 0.0631. The van der Waals surface area contributed by atoms with Crippen LogP contribution in [0.5, 0.6) is 5.75 Å². The topological polar surface area (TPSA) is 80.3 Å². The summed E-state index contributed by atoms with van der Waals surface area (Å²) in [5, 5.41) is 0. The molecule has 47 heavy (non-hydrogen) atoms. The number of carbonyl (C=O) groups excluding carboxylic acids is 2. The summed E-state index contributed by atoms with van der Waals surface area (Å²) in [7, 11) is 1.51. The summed E-state index contributed by atoms with van der Waals surface area (Å²) in [5.41, 5.74) is 6.79. The third kappa shape index (κ3) is 10.7. The molecule has 1 saturated heterocycles. The highest BCUT2D eigenvalue weighted by atomic mass is 16.7. The Morgan fingerprint density at radius 2 is 1.49 bits per heavy atom. The molecule has 7 nitrogen and oxygen atoms in total. The smallest absolute Gasteiger partial charge is 0.341 e. The maximum absolute atomic E-state index is 12.6. The number of esters is 2. The van der Waals surface area contributed by atoms with Gasteiger partial charge in [-0.25, -0.2) is 9.59 Å². The van der Waals surface area contributed by atoms with Gasteiger partial charge in [0, 0.05) is 24.2 Å². The number of methoxy groups -OCH3 is 1. The van der Waals surface area contributed by atoms with Gasteiger partial charge < -0.3 is 23.7 Å². The molecule has 250 valence electrons. The van der Waals surface area contributed by atoms with Crippen LogP contribution in [0.2, 0.25) is 0 Å². The van der Waals surface area contributed by atoms with Crippen LogP contribution in [0, 0.1) is 5.92 Å². The first-order chi connectivity index (χ1) is 22.8. The van der Waals surface area contributed by atoms with Crippen molar-refractivity contribution in [3.05, 3.63) is 102 Å².